The second-order valence-electron chi connectivity index (χ2n) is 6.65. The molecule has 0 radical (unpaired) electrons. The van der Waals surface area contributed by atoms with E-state index >= 15 is 0 Å². The van der Waals surface area contributed by atoms with Crippen molar-refractivity contribution in [3.05, 3.63) is 35.6 Å². The van der Waals surface area contributed by atoms with Gasteiger partial charge in [0.1, 0.15) is 11.6 Å². The van der Waals surface area contributed by atoms with Crippen LogP contribution in [0.25, 0.3) is 0 Å². The van der Waals surface area contributed by atoms with E-state index in [0.717, 1.165) is 19.3 Å². The minimum Gasteiger partial charge on any atom is -0.349 e. The van der Waals surface area contributed by atoms with Gasteiger partial charge >= 0.3 is 0 Å². The van der Waals surface area contributed by atoms with Crippen LogP contribution in [0.2, 0.25) is 0 Å². The topological polar surface area (TPSA) is 46.2 Å². The second-order valence-corrected chi connectivity index (χ2v) is 6.65. The second kappa shape index (κ2) is 6.19. The first-order valence-electron chi connectivity index (χ1n) is 8.14. The van der Waals surface area contributed by atoms with Crippen LogP contribution >= 0.6 is 0 Å². The number of carbonyl (C=O) groups is 2. The van der Waals surface area contributed by atoms with Crippen molar-refractivity contribution in [2.45, 2.75) is 45.1 Å². The summed E-state index contributed by atoms with van der Waals surface area (Å²) >= 11 is 0. The van der Waals surface area contributed by atoms with E-state index in [1.165, 1.54) is 6.07 Å². The quantitative estimate of drug-likeness (QED) is 0.930. The molecule has 0 heterocycles. The number of Topliss-reactive ketones (excluding diaryl/α,β-unsaturated/α-hetero) is 1. The largest absolute Gasteiger partial charge is 0.349 e. The van der Waals surface area contributed by atoms with Gasteiger partial charge in [-0.15, -0.1) is 0 Å². The van der Waals surface area contributed by atoms with Crippen molar-refractivity contribution in [3.8, 4) is 0 Å². The molecule has 1 N–H and O–H groups in total. The van der Waals surface area contributed by atoms with Crippen LogP contribution < -0.4 is 5.32 Å². The Morgan fingerprint density at radius 1 is 1.23 bits per heavy atom. The van der Waals surface area contributed by atoms with Crippen molar-refractivity contribution in [2.24, 2.45) is 17.8 Å². The van der Waals surface area contributed by atoms with Crippen molar-refractivity contribution in [2.75, 3.05) is 0 Å². The molecule has 0 aliphatic heterocycles. The highest BCUT2D eigenvalue weighted by molar-refractivity contribution is 5.88. The minimum absolute atomic E-state index is 0.0415. The SMILES string of the molecule is C[C@H](NC(=O)C1C[C@H]2CCC[C@@H](C1)C2=O)c1ccccc1F. The average Bonchev–Trinajstić information content (AvgIpc) is 2.47. The number of benzene rings is 1. The average molecular weight is 303 g/mol. The third kappa shape index (κ3) is 2.92. The van der Waals surface area contributed by atoms with Crippen molar-refractivity contribution in [1.82, 2.24) is 5.32 Å². The van der Waals surface area contributed by atoms with E-state index in [4.69, 9.17) is 0 Å². The van der Waals surface area contributed by atoms with E-state index in [-0.39, 0.29) is 35.5 Å². The summed E-state index contributed by atoms with van der Waals surface area (Å²) in [4.78, 5) is 24.6. The van der Waals surface area contributed by atoms with Crippen LogP contribution in [-0.4, -0.2) is 11.7 Å². The lowest BCUT2D eigenvalue weighted by atomic mass is 9.67. The summed E-state index contributed by atoms with van der Waals surface area (Å²) in [6.45, 7) is 1.80. The van der Waals surface area contributed by atoms with Gasteiger partial charge in [-0.25, -0.2) is 4.39 Å². The standard InChI is InChI=1S/C18H22FNO2/c1-11(15-7-2-3-8-16(15)19)20-18(22)14-9-12-5-4-6-13(10-14)17(12)21/h2-3,7-8,11-14H,4-6,9-10H2,1H3,(H,20,22)/t11-,12-,13+,14?/m0/s1. The third-order valence-electron chi connectivity index (χ3n) is 5.15. The number of hydrogen-bond donors (Lipinski definition) is 1. The molecule has 22 heavy (non-hydrogen) atoms. The number of carbonyl (C=O) groups excluding carboxylic acids is 2. The molecule has 2 saturated carbocycles. The Bertz CT molecular complexity index is 570. The van der Waals surface area contributed by atoms with Gasteiger partial charge < -0.3 is 5.32 Å². The van der Waals surface area contributed by atoms with Crippen LogP contribution in [0.4, 0.5) is 4.39 Å². The maximum absolute atomic E-state index is 13.8. The smallest absolute Gasteiger partial charge is 0.223 e. The fourth-order valence-electron chi connectivity index (χ4n) is 3.93. The first-order valence-corrected chi connectivity index (χ1v) is 8.14. The third-order valence-corrected chi connectivity index (χ3v) is 5.15. The first kappa shape index (κ1) is 15.2. The zero-order valence-electron chi connectivity index (χ0n) is 12.8. The van der Waals surface area contributed by atoms with Crippen LogP contribution in [0.15, 0.2) is 24.3 Å². The summed E-state index contributed by atoms with van der Waals surface area (Å²) in [5.41, 5.74) is 0.503. The molecule has 0 saturated heterocycles. The van der Waals surface area contributed by atoms with Gasteiger partial charge in [0.25, 0.3) is 0 Å². The number of nitrogens with one attached hydrogen (secondary N) is 1. The zero-order valence-corrected chi connectivity index (χ0v) is 12.8. The number of ketones is 1. The molecule has 4 heteroatoms. The molecule has 2 bridgehead atoms. The molecule has 2 fully saturated rings. The highest BCUT2D eigenvalue weighted by Crippen LogP contribution is 2.40. The van der Waals surface area contributed by atoms with E-state index in [9.17, 15) is 14.0 Å². The molecular formula is C18H22FNO2. The number of halogens is 1. The number of rotatable bonds is 3. The van der Waals surface area contributed by atoms with Crippen LogP contribution in [0.1, 0.15) is 50.6 Å². The summed E-state index contributed by atoms with van der Waals surface area (Å²) in [5.74, 6) is 0.0323. The highest BCUT2D eigenvalue weighted by atomic mass is 19.1. The van der Waals surface area contributed by atoms with Gasteiger partial charge in [-0.1, -0.05) is 24.6 Å². The lowest BCUT2D eigenvalue weighted by molar-refractivity contribution is -0.137. The summed E-state index contributed by atoms with van der Waals surface area (Å²) < 4.78 is 13.8. The lowest BCUT2D eigenvalue weighted by Crippen LogP contribution is -2.43. The van der Waals surface area contributed by atoms with Crippen LogP contribution in [0.3, 0.4) is 0 Å². The molecule has 2 aliphatic carbocycles. The molecule has 2 aliphatic rings. The van der Waals surface area contributed by atoms with Crippen LogP contribution in [0, 0.1) is 23.6 Å². The molecule has 1 aromatic rings. The number of fused-ring (bicyclic) bond motifs is 2. The van der Waals surface area contributed by atoms with Gasteiger partial charge in [-0.3, -0.25) is 9.59 Å². The monoisotopic (exact) mass is 303 g/mol. The van der Waals surface area contributed by atoms with Crippen molar-refractivity contribution in [3.63, 3.8) is 0 Å². The van der Waals surface area contributed by atoms with E-state index in [1.807, 2.05) is 0 Å². The summed E-state index contributed by atoms with van der Waals surface area (Å²) in [6.07, 6.45) is 4.25. The van der Waals surface area contributed by atoms with Crippen molar-refractivity contribution in [1.29, 1.82) is 0 Å². The Morgan fingerprint density at radius 3 is 2.50 bits per heavy atom. The van der Waals surface area contributed by atoms with E-state index in [0.29, 0.717) is 24.2 Å². The molecule has 1 unspecified atom stereocenters. The van der Waals surface area contributed by atoms with E-state index < -0.39 is 0 Å². The van der Waals surface area contributed by atoms with Crippen LogP contribution in [0.5, 0.6) is 0 Å². The van der Waals surface area contributed by atoms with Gasteiger partial charge in [0, 0.05) is 23.3 Å². The number of hydrogen-bond acceptors (Lipinski definition) is 2. The lowest BCUT2D eigenvalue weighted by Gasteiger charge is -2.37. The van der Waals surface area contributed by atoms with Crippen LogP contribution in [-0.2, 0) is 9.59 Å². The fourth-order valence-corrected chi connectivity index (χ4v) is 3.93. The number of amides is 1. The summed E-state index contributed by atoms with van der Waals surface area (Å²) in [6, 6.07) is 6.15. The predicted molar refractivity (Wildman–Crippen MR) is 81.5 cm³/mol. The Labute approximate surface area is 130 Å². The Kier molecular flexibility index (Phi) is 4.27. The predicted octanol–water partition coefficient (Wildman–Crippen LogP) is 3.40. The Balaban J connectivity index is 1.65. The van der Waals surface area contributed by atoms with Gasteiger partial charge in [-0.05, 0) is 38.7 Å². The molecule has 1 aromatic carbocycles. The zero-order chi connectivity index (χ0) is 15.7. The fraction of sp³-hybridized carbons (Fsp3) is 0.556. The summed E-state index contributed by atoms with van der Waals surface area (Å²) in [7, 11) is 0. The molecule has 3 rings (SSSR count). The van der Waals surface area contributed by atoms with E-state index in [1.54, 1.807) is 25.1 Å². The van der Waals surface area contributed by atoms with Crippen molar-refractivity contribution < 1.29 is 14.0 Å². The molecule has 3 nitrogen and oxygen atoms in total. The molecule has 1 amide bonds. The first-order chi connectivity index (χ1) is 10.6. The Morgan fingerprint density at radius 2 is 1.86 bits per heavy atom. The maximum Gasteiger partial charge on any atom is 0.223 e. The summed E-state index contributed by atoms with van der Waals surface area (Å²) in [5, 5.41) is 2.92. The van der Waals surface area contributed by atoms with Crippen molar-refractivity contribution >= 4 is 11.7 Å². The highest BCUT2D eigenvalue weighted by Gasteiger charge is 2.41. The van der Waals surface area contributed by atoms with Gasteiger partial charge in [0.05, 0.1) is 6.04 Å². The maximum atomic E-state index is 13.8. The molecule has 0 aromatic heterocycles. The van der Waals surface area contributed by atoms with Gasteiger partial charge in [-0.2, -0.15) is 0 Å². The molecular weight excluding hydrogens is 281 g/mol. The molecule has 4 atom stereocenters. The normalized spacial score (nSPS) is 29.0. The van der Waals surface area contributed by atoms with Gasteiger partial charge in [0.2, 0.25) is 5.91 Å². The molecule has 0 spiro atoms. The van der Waals surface area contributed by atoms with Gasteiger partial charge in [0.15, 0.2) is 0 Å². The van der Waals surface area contributed by atoms with E-state index in [2.05, 4.69) is 5.32 Å². The Hall–Kier alpha value is -1.71. The molecule has 118 valence electrons. The minimum atomic E-state index is -0.355.